The average Bonchev–Trinajstić information content (AvgIpc) is 3.18. The van der Waals surface area contributed by atoms with E-state index in [2.05, 4.69) is 17.0 Å². The number of aliphatic hydroxyl groups excluding tert-OH is 1. The molecule has 1 amide bonds. The highest BCUT2D eigenvalue weighted by Gasteiger charge is 2.38. The summed E-state index contributed by atoms with van der Waals surface area (Å²) in [6.07, 6.45) is -1.20. The fourth-order valence-electron chi connectivity index (χ4n) is 6.15. The molecule has 12 heteroatoms. The maximum atomic E-state index is 13.7. The quantitative estimate of drug-likeness (QED) is 0.0854. The van der Waals surface area contributed by atoms with Gasteiger partial charge in [0.25, 0.3) is 0 Å². The lowest BCUT2D eigenvalue weighted by atomic mass is 9.91. The second kappa shape index (κ2) is 17.5. The Balaban J connectivity index is 1.19. The van der Waals surface area contributed by atoms with Crippen LogP contribution in [0.2, 0.25) is 0 Å². The zero-order chi connectivity index (χ0) is 38.2. The van der Waals surface area contributed by atoms with Crippen molar-refractivity contribution in [2.75, 3.05) is 11.1 Å². The van der Waals surface area contributed by atoms with Crippen molar-refractivity contribution >= 4 is 39.3 Å². The van der Waals surface area contributed by atoms with Crippen LogP contribution in [-0.4, -0.2) is 48.4 Å². The van der Waals surface area contributed by atoms with E-state index in [9.17, 15) is 28.2 Å². The lowest BCUT2D eigenvalue weighted by Gasteiger charge is -2.41. The number of aryl methyl sites for hydroxylation is 1. The van der Waals surface area contributed by atoms with E-state index in [4.69, 9.17) is 9.47 Å². The normalized spacial score (nSPS) is 19.2. The summed E-state index contributed by atoms with van der Waals surface area (Å²) in [6, 6.07) is 36.0. The molecule has 1 fully saturated rings. The molecule has 0 radical (unpaired) electrons. The summed E-state index contributed by atoms with van der Waals surface area (Å²) >= 11 is 1.56. The number of carbonyl (C=O) groups excluding carboxylic acids is 1. The van der Waals surface area contributed by atoms with Gasteiger partial charge < -0.3 is 25.0 Å². The summed E-state index contributed by atoms with van der Waals surface area (Å²) < 4.78 is 42.4. The predicted octanol–water partition coefficient (Wildman–Crippen LogP) is 7.30. The Morgan fingerprint density at radius 3 is 2.07 bits per heavy atom. The van der Waals surface area contributed by atoms with E-state index in [1.807, 2.05) is 61.5 Å². The van der Waals surface area contributed by atoms with E-state index < -0.39 is 34.2 Å². The van der Waals surface area contributed by atoms with Crippen LogP contribution in [0.3, 0.4) is 0 Å². The first-order chi connectivity index (χ1) is 26.0. The smallest absolute Gasteiger partial charge is 0.335 e. The van der Waals surface area contributed by atoms with E-state index in [0.717, 1.165) is 32.7 Å². The molecule has 280 valence electrons. The van der Waals surface area contributed by atoms with Crippen molar-refractivity contribution in [2.24, 2.45) is 5.92 Å². The number of benzene rings is 5. The standard InChI is InChI=1S/C42H42N2O8S2/c1-27-8-22-36(23-9-27)54(49,50)44-37(24-29-6-4-3-5-7-29)40(46)43-34-18-14-33(15-19-34)42-51-38(26-53-35-20-16-32(17-21-35)41(47)48)28(2)39(52-42)31-12-10-30(25-45)11-13-31/h3-23,28,37-39,42,44-45H,24-26H2,1-2H3,(H,43,46)(H,47,48)/t28-,37+,38+,39+,42+/m0/s1. The molecule has 0 aromatic heterocycles. The lowest BCUT2D eigenvalue weighted by Crippen LogP contribution is -2.45. The molecule has 5 aromatic carbocycles. The second-order valence-corrected chi connectivity index (χ2v) is 16.1. The van der Waals surface area contributed by atoms with Crippen molar-refractivity contribution < 1.29 is 37.7 Å². The molecule has 5 atom stereocenters. The number of aliphatic hydroxyl groups is 1. The van der Waals surface area contributed by atoms with E-state index >= 15 is 0 Å². The van der Waals surface area contributed by atoms with E-state index in [1.54, 1.807) is 72.4 Å². The number of anilines is 1. The van der Waals surface area contributed by atoms with Crippen molar-refractivity contribution in [3.05, 3.63) is 161 Å². The van der Waals surface area contributed by atoms with Crippen LogP contribution in [0.4, 0.5) is 5.69 Å². The van der Waals surface area contributed by atoms with E-state index in [1.165, 1.54) is 12.1 Å². The topological polar surface area (TPSA) is 151 Å². The van der Waals surface area contributed by atoms with Crippen molar-refractivity contribution in [3.63, 3.8) is 0 Å². The zero-order valence-corrected chi connectivity index (χ0v) is 31.4. The number of ether oxygens (including phenoxy) is 2. The molecule has 0 spiro atoms. The molecule has 0 bridgehead atoms. The van der Waals surface area contributed by atoms with Crippen molar-refractivity contribution in [1.29, 1.82) is 0 Å². The average molecular weight is 767 g/mol. The van der Waals surface area contributed by atoms with Crippen molar-refractivity contribution in [1.82, 2.24) is 4.72 Å². The molecule has 5 aromatic rings. The van der Waals surface area contributed by atoms with Crippen LogP contribution < -0.4 is 10.0 Å². The number of amides is 1. The highest BCUT2D eigenvalue weighted by atomic mass is 32.2. The van der Waals surface area contributed by atoms with Crippen LogP contribution in [0.1, 0.15) is 57.5 Å². The molecule has 0 unspecified atom stereocenters. The fraction of sp³-hybridized carbons (Fsp3) is 0.238. The highest BCUT2D eigenvalue weighted by molar-refractivity contribution is 7.99. The van der Waals surface area contributed by atoms with Crippen LogP contribution in [-0.2, 0) is 37.3 Å². The first-order valence-electron chi connectivity index (χ1n) is 17.5. The summed E-state index contributed by atoms with van der Waals surface area (Å²) in [6.45, 7) is 3.87. The SMILES string of the molecule is Cc1ccc(S(=O)(=O)N[C@H](Cc2ccccc2)C(=O)Nc2ccc([C@@H]3O[C@H](CSc4ccc(C(=O)O)cc4)[C@H](C)[C@H](c4ccc(CO)cc4)O3)cc2)cc1. The summed E-state index contributed by atoms with van der Waals surface area (Å²) in [5.41, 5.74) is 4.85. The van der Waals surface area contributed by atoms with Crippen LogP contribution in [0, 0.1) is 12.8 Å². The molecule has 1 aliphatic heterocycles. The van der Waals surface area contributed by atoms with Gasteiger partial charge in [0.2, 0.25) is 15.9 Å². The summed E-state index contributed by atoms with van der Waals surface area (Å²) in [5.74, 6) is -0.975. The minimum atomic E-state index is -4.01. The maximum Gasteiger partial charge on any atom is 0.335 e. The summed E-state index contributed by atoms with van der Waals surface area (Å²) in [4.78, 5) is 26.0. The third kappa shape index (κ3) is 9.83. The highest BCUT2D eigenvalue weighted by Crippen LogP contribution is 2.43. The van der Waals surface area contributed by atoms with Gasteiger partial charge in [-0.05, 0) is 78.6 Å². The third-order valence-corrected chi connectivity index (χ3v) is 11.9. The molecule has 0 saturated carbocycles. The van der Waals surface area contributed by atoms with Crippen molar-refractivity contribution in [2.45, 2.75) is 61.2 Å². The Morgan fingerprint density at radius 2 is 1.44 bits per heavy atom. The monoisotopic (exact) mass is 766 g/mol. The molecule has 6 rings (SSSR count). The van der Waals surface area contributed by atoms with Gasteiger partial charge in [-0.3, -0.25) is 4.79 Å². The molecular formula is C42H42N2O8S2. The largest absolute Gasteiger partial charge is 0.478 e. The number of hydrogen-bond acceptors (Lipinski definition) is 8. The summed E-state index contributed by atoms with van der Waals surface area (Å²) in [5, 5.41) is 21.7. The number of carbonyl (C=O) groups is 2. The van der Waals surface area contributed by atoms with Crippen LogP contribution in [0.25, 0.3) is 0 Å². The third-order valence-electron chi connectivity index (χ3n) is 9.32. The number of hydrogen-bond donors (Lipinski definition) is 4. The molecule has 1 saturated heterocycles. The van der Waals surface area contributed by atoms with Gasteiger partial charge >= 0.3 is 5.97 Å². The van der Waals surface area contributed by atoms with Crippen LogP contribution in [0.5, 0.6) is 0 Å². The molecule has 4 N–H and O–H groups in total. The zero-order valence-electron chi connectivity index (χ0n) is 29.8. The Morgan fingerprint density at radius 1 is 0.796 bits per heavy atom. The number of carboxylic acid groups (broad SMARTS) is 1. The van der Waals surface area contributed by atoms with Gasteiger partial charge in [-0.1, -0.05) is 91.3 Å². The minimum absolute atomic E-state index is 0.0594. The van der Waals surface area contributed by atoms with Gasteiger partial charge in [0.05, 0.1) is 29.3 Å². The first-order valence-corrected chi connectivity index (χ1v) is 20.0. The lowest BCUT2D eigenvalue weighted by molar-refractivity contribution is -0.268. The molecule has 10 nitrogen and oxygen atoms in total. The number of aromatic carboxylic acids is 1. The summed E-state index contributed by atoms with van der Waals surface area (Å²) in [7, 11) is -4.01. The van der Waals surface area contributed by atoms with Gasteiger partial charge in [-0.15, -0.1) is 11.8 Å². The Kier molecular flexibility index (Phi) is 12.6. The Hall–Kier alpha value is -4.82. The molecule has 1 aliphatic rings. The molecular weight excluding hydrogens is 725 g/mol. The van der Waals surface area contributed by atoms with Crippen LogP contribution >= 0.6 is 11.8 Å². The van der Waals surface area contributed by atoms with Crippen LogP contribution in [0.15, 0.2) is 137 Å². The minimum Gasteiger partial charge on any atom is -0.478 e. The first kappa shape index (κ1) is 38.9. The molecule has 1 heterocycles. The van der Waals surface area contributed by atoms with Crippen molar-refractivity contribution in [3.8, 4) is 0 Å². The molecule has 54 heavy (non-hydrogen) atoms. The van der Waals surface area contributed by atoms with E-state index in [-0.39, 0.29) is 41.6 Å². The van der Waals surface area contributed by atoms with Gasteiger partial charge in [0.15, 0.2) is 6.29 Å². The van der Waals surface area contributed by atoms with Gasteiger partial charge in [0.1, 0.15) is 6.04 Å². The van der Waals surface area contributed by atoms with Gasteiger partial charge in [0, 0.05) is 27.8 Å². The van der Waals surface area contributed by atoms with Gasteiger partial charge in [-0.25, -0.2) is 13.2 Å². The number of sulfonamides is 1. The predicted molar refractivity (Wildman–Crippen MR) is 208 cm³/mol. The number of rotatable bonds is 14. The second-order valence-electron chi connectivity index (χ2n) is 13.3. The maximum absolute atomic E-state index is 13.7. The molecule has 0 aliphatic carbocycles. The fourth-order valence-corrected chi connectivity index (χ4v) is 8.41. The number of thioether (sulfide) groups is 1. The van der Waals surface area contributed by atoms with Gasteiger partial charge in [-0.2, -0.15) is 4.72 Å². The Bertz CT molecular complexity index is 2130. The number of nitrogens with one attached hydrogen (secondary N) is 2. The number of carboxylic acids is 1. The van der Waals surface area contributed by atoms with E-state index in [0.29, 0.717) is 11.4 Å². The Labute approximate surface area is 319 Å².